The minimum Gasteiger partial charge on any atom is -0.457 e. The van der Waals surface area contributed by atoms with Gasteiger partial charge >= 0.3 is 6.18 Å². The maximum Gasteiger partial charge on any atom is 0.416 e. The van der Waals surface area contributed by atoms with Gasteiger partial charge in [-0.05, 0) is 49.2 Å². The molecule has 2 saturated heterocycles. The molecule has 2 aromatic rings. The molecule has 5 nitrogen and oxygen atoms in total. The zero-order chi connectivity index (χ0) is 21.8. The highest BCUT2D eigenvalue weighted by molar-refractivity contribution is 5.94. The van der Waals surface area contributed by atoms with E-state index in [1.807, 2.05) is 4.90 Å². The Kier molecular flexibility index (Phi) is 6.48. The molecular weight excluding hydrogens is 409 g/mol. The van der Waals surface area contributed by atoms with Crippen LogP contribution in [0.1, 0.15) is 28.8 Å². The van der Waals surface area contributed by atoms with Crippen molar-refractivity contribution < 1.29 is 27.4 Å². The first kappa shape index (κ1) is 21.6. The lowest BCUT2D eigenvalue weighted by Crippen LogP contribution is -2.53. The Morgan fingerprint density at radius 3 is 2.26 bits per heavy atom. The van der Waals surface area contributed by atoms with Gasteiger partial charge in [0.05, 0.1) is 5.56 Å². The molecule has 2 heterocycles. The largest absolute Gasteiger partial charge is 0.457 e. The molecule has 1 amide bonds. The topological polar surface area (TPSA) is 42.0 Å². The summed E-state index contributed by atoms with van der Waals surface area (Å²) in [5, 5.41) is 0. The number of nitrogens with zero attached hydrogens (tertiary/aromatic N) is 2. The molecule has 0 atom stereocenters. The second-order valence-corrected chi connectivity index (χ2v) is 7.83. The molecule has 0 aromatic heterocycles. The molecule has 0 aliphatic carbocycles. The van der Waals surface area contributed by atoms with Crippen LogP contribution in [0, 0.1) is 0 Å². The molecule has 0 radical (unpaired) electrons. The van der Waals surface area contributed by atoms with Gasteiger partial charge < -0.3 is 14.4 Å². The van der Waals surface area contributed by atoms with Crippen LogP contribution in [0.15, 0.2) is 48.5 Å². The van der Waals surface area contributed by atoms with Crippen molar-refractivity contribution >= 4 is 5.91 Å². The summed E-state index contributed by atoms with van der Waals surface area (Å²) in [6.07, 6.45) is -2.38. The summed E-state index contributed by atoms with van der Waals surface area (Å²) in [7, 11) is 0. The van der Waals surface area contributed by atoms with Crippen molar-refractivity contribution in [2.45, 2.75) is 25.1 Å². The van der Waals surface area contributed by atoms with Crippen LogP contribution < -0.4 is 4.74 Å². The molecular formula is C23H25F3N2O3. The summed E-state index contributed by atoms with van der Waals surface area (Å²) in [4.78, 5) is 17.2. The molecule has 0 spiro atoms. The molecule has 2 aromatic carbocycles. The lowest BCUT2D eigenvalue weighted by atomic mass is 10.1. The molecule has 166 valence electrons. The monoisotopic (exact) mass is 434 g/mol. The van der Waals surface area contributed by atoms with E-state index in [-0.39, 0.29) is 11.7 Å². The molecule has 0 saturated carbocycles. The van der Waals surface area contributed by atoms with Gasteiger partial charge in [-0.15, -0.1) is 0 Å². The third-order valence-corrected chi connectivity index (χ3v) is 5.79. The maximum atomic E-state index is 13.0. The van der Waals surface area contributed by atoms with Crippen molar-refractivity contribution in [3.05, 3.63) is 59.7 Å². The summed E-state index contributed by atoms with van der Waals surface area (Å²) in [6, 6.07) is 11.8. The van der Waals surface area contributed by atoms with Crippen LogP contribution in [-0.4, -0.2) is 61.1 Å². The van der Waals surface area contributed by atoms with Crippen molar-refractivity contribution in [2.24, 2.45) is 0 Å². The molecule has 2 aliphatic heterocycles. The van der Waals surface area contributed by atoms with E-state index in [2.05, 4.69) is 4.90 Å². The van der Waals surface area contributed by atoms with Gasteiger partial charge in [0.25, 0.3) is 5.91 Å². The van der Waals surface area contributed by atoms with Crippen molar-refractivity contribution in [3.8, 4) is 11.5 Å². The Balaban J connectivity index is 1.39. The number of hydrogen-bond donors (Lipinski definition) is 0. The molecule has 31 heavy (non-hydrogen) atoms. The van der Waals surface area contributed by atoms with Crippen molar-refractivity contribution in [1.82, 2.24) is 9.80 Å². The predicted molar refractivity (Wildman–Crippen MR) is 109 cm³/mol. The molecule has 2 aliphatic rings. The number of ether oxygens (including phenoxy) is 2. The maximum absolute atomic E-state index is 13.0. The number of carbonyl (C=O) groups excluding carboxylic acids is 1. The van der Waals surface area contributed by atoms with Gasteiger partial charge in [-0.2, -0.15) is 13.2 Å². The number of halogens is 3. The molecule has 2 fully saturated rings. The fourth-order valence-corrected chi connectivity index (χ4v) is 4.09. The van der Waals surface area contributed by atoms with E-state index in [0.29, 0.717) is 30.4 Å². The molecule has 0 bridgehead atoms. The van der Waals surface area contributed by atoms with Crippen molar-refractivity contribution in [2.75, 3.05) is 39.4 Å². The lowest BCUT2D eigenvalue weighted by molar-refractivity contribution is -0.137. The number of alkyl halides is 3. The molecule has 4 rings (SSSR count). The highest BCUT2D eigenvalue weighted by Gasteiger charge is 2.31. The third-order valence-electron chi connectivity index (χ3n) is 5.79. The first-order chi connectivity index (χ1) is 14.9. The second kappa shape index (κ2) is 9.28. The van der Waals surface area contributed by atoms with E-state index in [0.717, 1.165) is 51.3 Å². The van der Waals surface area contributed by atoms with Crippen LogP contribution in [0.4, 0.5) is 13.2 Å². The minimum atomic E-state index is -4.44. The number of rotatable bonds is 4. The molecule has 8 heteroatoms. The van der Waals surface area contributed by atoms with Gasteiger partial charge in [0.1, 0.15) is 11.5 Å². The highest BCUT2D eigenvalue weighted by Crippen LogP contribution is 2.33. The summed E-state index contributed by atoms with van der Waals surface area (Å²) < 4.78 is 49.8. The summed E-state index contributed by atoms with van der Waals surface area (Å²) in [5.74, 6) is 0.302. The van der Waals surface area contributed by atoms with Crippen LogP contribution in [0.25, 0.3) is 0 Å². The normalized spacial score (nSPS) is 18.7. The van der Waals surface area contributed by atoms with E-state index >= 15 is 0 Å². The lowest BCUT2D eigenvalue weighted by Gasteiger charge is -2.40. The highest BCUT2D eigenvalue weighted by atomic mass is 19.4. The Morgan fingerprint density at radius 1 is 0.935 bits per heavy atom. The van der Waals surface area contributed by atoms with Crippen LogP contribution in [0.2, 0.25) is 0 Å². The van der Waals surface area contributed by atoms with E-state index < -0.39 is 11.7 Å². The molecule has 0 N–H and O–H groups in total. The Bertz CT molecular complexity index is 905. The first-order valence-corrected chi connectivity index (χ1v) is 10.5. The first-order valence-electron chi connectivity index (χ1n) is 10.5. The Hall–Kier alpha value is -2.58. The van der Waals surface area contributed by atoms with Gasteiger partial charge in [0.15, 0.2) is 0 Å². The zero-order valence-corrected chi connectivity index (χ0v) is 17.1. The predicted octanol–water partition coefficient (Wildman–Crippen LogP) is 4.43. The van der Waals surface area contributed by atoms with Crippen LogP contribution in [-0.2, 0) is 10.9 Å². The summed E-state index contributed by atoms with van der Waals surface area (Å²) in [5.41, 5.74) is -0.316. The summed E-state index contributed by atoms with van der Waals surface area (Å²) >= 11 is 0. The minimum absolute atomic E-state index is 0.0736. The fourth-order valence-electron chi connectivity index (χ4n) is 4.09. The van der Waals surface area contributed by atoms with Crippen LogP contribution in [0.5, 0.6) is 11.5 Å². The average Bonchev–Trinajstić information content (AvgIpc) is 2.79. The smallest absolute Gasteiger partial charge is 0.416 e. The van der Waals surface area contributed by atoms with Gasteiger partial charge in [-0.25, -0.2) is 0 Å². The second-order valence-electron chi connectivity index (χ2n) is 7.83. The number of benzene rings is 2. The summed E-state index contributed by atoms with van der Waals surface area (Å²) in [6.45, 7) is 4.54. The Labute approximate surface area is 179 Å². The average molecular weight is 434 g/mol. The van der Waals surface area contributed by atoms with Gasteiger partial charge in [0.2, 0.25) is 0 Å². The van der Waals surface area contributed by atoms with E-state index in [1.54, 1.807) is 24.3 Å². The van der Waals surface area contributed by atoms with E-state index in [9.17, 15) is 18.0 Å². The van der Waals surface area contributed by atoms with E-state index in [1.165, 1.54) is 12.1 Å². The zero-order valence-electron chi connectivity index (χ0n) is 17.1. The van der Waals surface area contributed by atoms with Gasteiger partial charge in [-0.1, -0.05) is 12.1 Å². The SMILES string of the molecule is O=C(c1cccc(Oc2cccc(C(F)(F)F)c2)c1)N1CCN(C2CCOCC2)CC1. The van der Waals surface area contributed by atoms with Crippen LogP contribution in [0.3, 0.4) is 0 Å². The van der Waals surface area contributed by atoms with Crippen molar-refractivity contribution in [3.63, 3.8) is 0 Å². The quantitative estimate of drug-likeness (QED) is 0.714. The fraction of sp³-hybridized carbons (Fsp3) is 0.435. The van der Waals surface area contributed by atoms with Gasteiger partial charge in [0, 0.05) is 51.0 Å². The standard InChI is InChI=1S/C23H25F3N2O3/c24-23(25,26)18-4-2-6-21(16-18)31-20-5-1-3-17(15-20)22(29)28-11-9-27(10-12-28)19-7-13-30-14-8-19/h1-6,15-16,19H,7-14H2. The third kappa shape index (κ3) is 5.37. The van der Waals surface area contributed by atoms with Crippen LogP contribution >= 0.6 is 0 Å². The molecule has 0 unspecified atom stereocenters. The van der Waals surface area contributed by atoms with Gasteiger partial charge in [-0.3, -0.25) is 9.69 Å². The number of hydrogen-bond acceptors (Lipinski definition) is 4. The van der Waals surface area contributed by atoms with E-state index in [4.69, 9.17) is 9.47 Å². The number of piperazine rings is 1. The number of amides is 1. The van der Waals surface area contributed by atoms with Crippen molar-refractivity contribution in [1.29, 1.82) is 0 Å². The Morgan fingerprint density at radius 2 is 1.58 bits per heavy atom. The number of carbonyl (C=O) groups is 1.